The molecule has 0 spiro atoms. The summed E-state index contributed by atoms with van der Waals surface area (Å²) in [7, 11) is 0. The van der Waals surface area contributed by atoms with Crippen LogP contribution in [0.15, 0.2) is 18.2 Å². The molecule has 19 heavy (non-hydrogen) atoms. The van der Waals surface area contributed by atoms with Crippen LogP contribution in [0.5, 0.6) is 0 Å². The first-order valence-electron chi connectivity index (χ1n) is 6.35. The van der Waals surface area contributed by atoms with Crippen LogP contribution in [0.2, 0.25) is 0 Å². The van der Waals surface area contributed by atoms with E-state index < -0.39 is 11.9 Å². The molecule has 2 unspecified atom stereocenters. The number of quaternary nitrogens is 1. The van der Waals surface area contributed by atoms with Gasteiger partial charge in [-0.15, -0.1) is 0 Å². The first kappa shape index (κ1) is 12.1. The topological polar surface area (TPSA) is 90.9 Å². The Kier molecular flexibility index (Phi) is 2.76. The van der Waals surface area contributed by atoms with Gasteiger partial charge in [-0.05, 0) is 25.0 Å². The molecule has 0 saturated carbocycles. The standard InChI is InChI=1S/C13H15N3O3/c14-10-4-1-3-8-9(10)7-15(12(8)17)11-5-2-6-16(19)13(11)18/h1,3-4,11,16H,2,5-7,14H2. The molecule has 0 bridgehead atoms. The van der Waals surface area contributed by atoms with E-state index in [1.165, 1.54) is 4.90 Å². The fourth-order valence-corrected chi connectivity index (χ4v) is 2.82. The Bertz CT molecular complexity index is 558. The molecule has 6 nitrogen and oxygen atoms in total. The summed E-state index contributed by atoms with van der Waals surface area (Å²) in [6, 6.07) is 4.57. The van der Waals surface area contributed by atoms with Crippen molar-refractivity contribution >= 4 is 17.5 Å². The number of piperidine rings is 1. The first-order valence-corrected chi connectivity index (χ1v) is 6.35. The molecule has 3 rings (SSSR count). The highest BCUT2D eigenvalue weighted by molar-refractivity contribution is 6.01. The Labute approximate surface area is 110 Å². The number of hydroxylamine groups is 2. The minimum atomic E-state index is -0.611. The van der Waals surface area contributed by atoms with Crippen molar-refractivity contribution in [3.63, 3.8) is 0 Å². The first-order chi connectivity index (χ1) is 9.09. The van der Waals surface area contributed by atoms with Gasteiger partial charge in [-0.1, -0.05) is 6.07 Å². The number of rotatable bonds is 1. The minimum Gasteiger partial charge on any atom is -0.627 e. The summed E-state index contributed by atoms with van der Waals surface area (Å²) < 4.78 is 0. The molecule has 1 saturated heterocycles. The van der Waals surface area contributed by atoms with Crippen LogP contribution in [-0.4, -0.2) is 29.3 Å². The molecule has 2 atom stereocenters. The second-order valence-corrected chi connectivity index (χ2v) is 5.00. The van der Waals surface area contributed by atoms with E-state index in [9.17, 15) is 14.8 Å². The van der Waals surface area contributed by atoms with E-state index in [4.69, 9.17) is 5.73 Å². The minimum absolute atomic E-state index is 0.199. The van der Waals surface area contributed by atoms with Gasteiger partial charge in [0.05, 0.1) is 6.54 Å². The molecule has 2 aliphatic heterocycles. The Morgan fingerprint density at radius 2 is 2.16 bits per heavy atom. The van der Waals surface area contributed by atoms with Gasteiger partial charge in [0.25, 0.3) is 5.91 Å². The predicted molar refractivity (Wildman–Crippen MR) is 68.0 cm³/mol. The number of nitrogen functional groups attached to an aromatic ring is 1. The van der Waals surface area contributed by atoms with Gasteiger partial charge in [-0.25, -0.2) is 4.79 Å². The molecule has 3 N–H and O–H groups in total. The number of nitrogens with one attached hydrogen (secondary N) is 1. The Hall–Kier alpha value is -1.92. The maximum atomic E-state index is 12.3. The molecule has 1 aromatic rings. The number of hydrogen-bond donors (Lipinski definition) is 2. The molecule has 100 valence electrons. The zero-order valence-corrected chi connectivity index (χ0v) is 10.4. The van der Waals surface area contributed by atoms with Crippen LogP contribution in [0.25, 0.3) is 0 Å². The lowest BCUT2D eigenvalue weighted by Gasteiger charge is -2.34. The molecule has 0 radical (unpaired) electrons. The average molecular weight is 261 g/mol. The summed E-state index contributed by atoms with van der Waals surface area (Å²) in [4.78, 5) is 25.7. The predicted octanol–water partition coefficient (Wildman–Crippen LogP) is -0.704. The summed E-state index contributed by atoms with van der Waals surface area (Å²) >= 11 is 0. The number of hydrogen-bond acceptors (Lipinski definition) is 4. The fourth-order valence-electron chi connectivity index (χ4n) is 2.82. The second kappa shape index (κ2) is 4.32. The Balaban J connectivity index is 1.91. The number of amides is 2. The van der Waals surface area contributed by atoms with E-state index in [2.05, 4.69) is 0 Å². The normalized spacial score (nSPS) is 26.7. The van der Waals surface area contributed by atoms with Gasteiger partial charge < -0.3 is 20.9 Å². The fraction of sp³-hybridized carbons (Fsp3) is 0.385. The molecule has 2 aliphatic rings. The van der Waals surface area contributed by atoms with Crippen LogP contribution in [0.1, 0.15) is 28.8 Å². The number of benzene rings is 1. The summed E-state index contributed by atoms with van der Waals surface area (Å²) in [6.07, 6.45) is 1.22. The number of fused-ring (bicyclic) bond motifs is 1. The number of anilines is 1. The van der Waals surface area contributed by atoms with Crippen molar-refractivity contribution in [1.29, 1.82) is 0 Å². The smallest absolute Gasteiger partial charge is 0.334 e. The lowest BCUT2D eigenvalue weighted by Crippen LogP contribution is -3.13. The number of carbonyl (C=O) groups excluding carboxylic acids is 2. The van der Waals surface area contributed by atoms with E-state index in [1.807, 2.05) is 0 Å². The zero-order chi connectivity index (χ0) is 13.6. The van der Waals surface area contributed by atoms with Gasteiger partial charge in [0, 0.05) is 23.4 Å². The highest BCUT2D eigenvalue weighted by Crippen LogP contribution is 2.30. The van der Waals surface area contributed by atoms with Crippen LogP contribution in [0.4, 0.5) is 5.69 Å². The van der Waals surface area contributed by atoms with Crippen LogP contribution in [-0.2, 0) is 11.3 Å². The van der Waals surface area contributed by atoms with Crippen molar-refractivity contribution in [2.24, 2.45) is 0 Å². The van der Waals surface area contributed by atoms with E-state index in [1.54, 1.807) is 18.2 Å². The number of nitrogens with two attached hydrogens (primary N) is 1. The summed E-state index contributed by atoms with van der Waals surface area (Å²) in [6.45, 7) is 0.622. The van der Waals surface area contributed by atoms with Gasteiger partial charge >= 0.3 is 5.91 Å². The lowest BCUT2D eigenvalue weighted by atomic mass is 10.0. The molecule has 2 heterocycles. The molecule has 1 fully saturated rings. The molecule has 6 heteroatoms. The van der Waals surface area contributed by atoms with E-state index in [0.29, 0.717) is 37.2 Å². The van der Waals surface area contributed by atoms with Gasteiger partial charge in [0.2, 0.25) is 0 Å². The van der Waals surface area contributed by atoms with Crippen molar-refractivity contribution in [3.05, 3.63) is 34.5 Å². The maximum absolute atomic E-state index is 12.3. The summed E-state index contributed by atoms with van der Waals surface area (Å²) in [5.41, 5.74) is 7.72. The van der Waals surface area contributed by atoms with Gasteiger partial charge in [0.1, 0.15) is 6.04 Å². The van der Waals surface area contributed by atoms with E-state index in [0.717, 1.165) is 5.56 Å². The van der Waals surface area contributed by atoms with E-state index in [-0.39, 0.29) is 11.0 Å². The van der Waals surface area contributed by atoms with Crippen molar-refractivity contribution < 1.29 is 14.7 Å². The van der Waals surface area contributed by atoms with Crippen molar-refractivity contribution in [1.82, 2.24) is 4.90 Å². The van der Waals surface area contributed by atoms with Crippen LogP contribution in [0.3, 0.4) is 0 Å². The van der Waals surface area contributed by atoms with Crippen molar-refractivity contribution in [3.8, 4) is 0 Å². The van der Waals surface area contributed by atoms with Crippen molar-refractivity contribution in [2.45, 2.75) is 25.4 Å². The maximum Gasteiger partial charge on any atom is 0.334 e. The molecule has 2 amide bonds. The zero-order valence-electron chi connectivity index (χ0n) is 10.4. The molecule has 0 aliphatic carbocycles. The molecular formula is C13H15N3O3. The van der Waals surface area contributed by atoms with Crippen LogP contribution >= 0.6 is 0 Å². The van der Waals surface area contributed by atoms with Gasteiger partial charge in [0.15, 0.2) is 0 Å². The highest BCUT2D eigenvalue weighted by Gasteiger charge is 2.41. The molecular weight excluding hydrogens is 246 g/mol. The SMILES string of the molecule is Nc1cccc2c1CN(C1CCC[NH+]([O-])C1=O)C2=O. The quantitative estimate of drug-likeness (QED) is 0.516. The third-order valence-corrected chi connectivity index (χ3v) is 3.87. The van der Waals surface area contributed by atoms with Gasteiger partial charge in [-0.2, -0.15) is 0 Å². The average Bonchev–Trinajstić information content (AvgIpc) is 2.72. The third kappa shape index (κ3) is 1.80. The largest absolute Gasteiger partial charge is 0.627 e. The van der Waals surface area contributed by atoms with E-state index >= 15 is 0 Å². The Morgan fingerprint density at radius 3 is 2.89 bits per heavy atom. The monoisotopic (exact) mass is 261 g/mol. The number of carbonyl (C=O) groups is 2. The lowest BCUT2D eigenvalue weighted by molar-refractivity contribution is -0.770. The van der Waals surface area contributed by atoms with Crippen LogP contribution in [0, 0.1) is 5.21 Å². The highest BCUT2D eigenvalue weighted by atomic mass is 16.5. The summed E-state index contributed by atoms with van der Waals surface area (Å²) in [5.74, 6) is -0.638. The van der Waals surface area contributed by atoms with Crippen molar-refractivity contribution in [2.75, 3.05) is 12.3 Å². The van der Waals surface area contributed by atoms with Crippen LogP contribution < -0.4 is 10.8 Å². The second-order valence-electron chi connectivity index (χ2n) is 5.00. The summed E-state index contributed by atoms with van der Waals surface area (Å²) in [5, 5.41) is 11.1. The molecule has 1 aromatic carbocycles. The molecule has 0 aromatic heterocycles. The number of nitrogens with zero attached hydrogens (tertiary/aromatic N) is 1. The van der Waals surface area contributed by atoms with Gasteiger partial charge in [-0.3, -0.25) is 4.79 Å². The Morgan fingerprint density at radius 1 is 1.37 bits per heavy atom. The third-order valence-electron chi connectivity index (χ3n) is 3.87.